The molecule has 0 radical (unpaired) electrons. The zero-order valence-electron chi connectivity index (χ0n) is 19.5. The fourth-order valence-corrected chi connectivity index (χ4v) is 3.76. The first kappa shape index (κ1) is 27.7. The second-order valence-electron chi connectivity index (χ2n) is 8.63. The van der Waals surface area contributed by atoms with Gasteiger partial charge in [-0.1, -0.05) is 56.2 Å². The molecular formula is C25H20F6N4Pt. The summed E-state index contributed by atoms with van der Waals surface area (Å²) in [6, 6.07) is 11.7. The molecule has 0 N–H and O–H groups in total. The van der Waals surface area contributed by atoms with E-state index in [2.05, 4.69) is 17.4 Å². The number of hydrogen-bond acceptors (Lipinski definition) is 2. The molecule has 0 aliphatic heterocycles. The Morgan fingerprint density at radius 3 is 1.67 bits per heavy atom. The summed E-state index contributed by atoms with van der Waals surface area (Å²) in [5.74, 6) is 0.269. The van der Waals surface area contributed by atoms with Crippen LogP contribution in [-0.4, -0.2) is 19.1 Å². The van der Waals surface area contributed by atoms with Gasteiger partial charge in [0.2, 0.25) is 0 Å². The van der Waals surface area contributed by atoms with Crippen molar-refractivity contribution >= 4 is 0 Å². The first-order valence-electron chi connectivity index (χ1n) is 10.5. The van der Waals surface area contributed by atoms with E-state index in [9.17, 15) is 26.3 Å². The van der Waals surface area contributed by atoms with Gasteiger partial charge in [-0.3, -0.25) is 9.97 Å². The zero-order chi connectivity index (χ0) is 25.8. The van der Waals surface area contributed by atoms with E-state index in [0.29, 0.717) is 21.8 Å². The van der Waals surface area contributed by atoms with Crippen molar-refractivity contribution < 1.29 is 47.4 Å². The van der Waals surface area contributed by atoms with Crippen molar-refractivity contribution in [2.45, 2.75) is 45.5 Å². The minimum absolute atomic E-state index is 0. The molecule has 0 saturated carbocycles. The zero-order valence-corrected chi connectivity index (χ0v) is 21.8. The van der Waals surface area contributed by atoms with Crippen molar-refractivity contribution in [3.8, 4) is 11.6 Å². The van der Waals surface area contributed by atoms with Gasteiger partial charge in [0.05, 0.1) is 11.6 Å². The molecule has 36 heavy (non-hydrogen) atoms. The SMILES string of the molecule is Cc1c[c-]n(-c2cccc(C(C)(C)c3cccc(-n4[c-]cc(C(F)(F)F)c4C(F)(F)F)n3)n2)c1C.[Pt+2]. The average Bonchev–Trinajstić information content (AvgIpc) is 3.38. The molecule has 0 saturated heterocycles. The molecule has 4 heterocycles. The fourth-order valence-electron chi connectivity index (χ4n) is 3.76. The van der Waals surface area contributed by atoms with E-state index >= 15 is 0 Å². The topological polar surface area (TPSA) is 35.6 Å². The molecule has 4 aromatic rings. The van der Waals surface area contributed by atoms with Crippen LogP contribution < -0.4 is 0 Å². The fraction of sp³-hybridized carbons (Fsp3) is 0.280. The van der Waals surface area contributed by atoms with Crippen molar-refractivity contribution in [1.29, 1.82) is 0 Å². The Balaban J connectivity index is 0.00000361. The third kappa shape index (κ3) is 5.01. The van der Waals surface area contributed by atoms with Crippen LogP contribution in [0.1, 0.15) is 47.8 Å². The van der Waals surface area contributed by atoms with Crippen LogP contribution in [0.5, 0.6) is 0 Å². The molecule has 0 spiro atoms. The van der Waals surface area contributed by atoms with Crippen molar-refractivity contribution in [3.63, 3.8) is 0 Å². The Bertz CT molecular complexity index is 1380. The summed E-state index contributed by atoms with van der Waals surface area (Å²) < 4.78 is 82.6. The van der Waals surface area contributed by atoms with E-state index in [0.717, 1.165) is 11.3 Å². The number of hydrogen-bond donors (Lipinski definition) is 0. The van der Waals surface area contributed by atoms with Gasteiger partial charge in [-0.15, -0.1) is 17.7 Å². The summed E-state index contributed by atoms with van der Waals surface area (Å²) in [5, 5.41) is 0. The van der Waals surface area contributed by atoms with Gasteiger partial charge in [-0.05, 0) is 31.5 Å². The van der Waals surface area contributed by atoms with Crippen molar-refractivity contribution in [3.05, 3.63) is 94.8 Å². The molecule has 4 nitrogen and oxygen atoms in total. The second kappa shape index (κ2) is 9.54. The second-order valence-corrected chi connectivity index (χ2v) is 8.63. The predicted octanol–water partition coefficient (Wildman–Crippen LogP) is 6.64. The number of aryl methyl sites for hydroxylation is 1. The summed E-state index contributed by atoms with van der Waals surface area (Å²) in [6.07, 6.45) is -5.30. The Kier molecular flexibility index (Phi) is 7.34. The molecule has 0 amide bonds. The van der Waals surface area contributed by atoms with Crippen LogP contribution in [-0.2, 0) is 38.8 Å². The number of alkyl halides is 6. The molecule has 0 atom stereocenters. The van der Waals surface area contributed by atoms with Crippen LogP contribution in [0.4, 0.5) is 26.3 Å². The summed E-state index contributed by atoms with van der Waals surface area (Å²) in [5.41, 5.74) is -1.69. The van der Waals surface area contributed by atoms with Gasteiger partial charge in [0.15, 0.2) is 0 Å². The van der Waals surface area contributed by atoms with Gasteiger partial charge >= 0.3 is 33.4 Å². The molecule has 4 rings (SSSR count). The summed E-state index contributed by atoms with van der Waals surface area (Å²) in [6.45, 7) is 7.45. The Hall–Kier alpha value is -2.87. The Labute approximate surface area is 218 Å². The molecule has 0 bridgehead atoms. The van der Waals surface area contributed by atoms with E-state index in [1.165, 1.54) is 12.1 Å². The van der Waals surface area contributed by atoms with Crippen LogP contribution in [0, 0.1) is 26.2 Å². The number of halogens is 6. The van der Waals surface area contributed by atoms with Gasteiger partial charge in [0.1, 0.15) is 0 Å². The predicted molar refractivity (Wildman–Crippen MR) is 116 cm³/mol. The molecule has 0 fully saturated rings. The molecule has 0 aliphatic rings. The van der Waals surface area contributed by atoms with Crippen molar-refractivity contribution in [1.82, 2.24) is 19.1 Å². The van der Waals surface area contributed by atoms with E-state index in [1.54, 1.807) is 42.7 Å². The van der Waals surface area contributed by atoms with E-state index in [1.807, 2.05) is 19.9 Å². The maximum Gasteiger partial charge on any atom is 2.00 e. The van der Waals surface area contributed by atoms with Crippen molar-refractivity contribution in [2.75, 3.05) is 0 Å². The normalized spacial score (nSPS) is 12.5. The smallest absolute Gasteiger partial charge is 0.433 e. The van der Waals surface area contributed by atoms with Crippen molar-refractivity contribution in [2.24, 2.45) is 0 Å². The summed E-state index contributed by atoms with van der Waals surface area (Å²) >= 11 is 0. The van der Waals surface area contributed by atoms with Gasteiger partial charge in [-0.2, -0.15) is 26.3 Å². The van der Waals surface area contributed by atoms with Crippen LogP contribution in [0.15, 0.2) is 48.5 Å². The number of nitrogens with zero attached hydrogens (tertiary/aromatic N) is 4. The van der Waals surface area contributed by atoms with Crippen LogP contribution in [0.3, 0.4) is 0 Å². The average molecular weight is 686 g/mol. The minimum Gasteiger partial charge on any atom is -0.433 e. The molecule has 192 valence electrons. The molecule has 11 heteroatoms. The Morgan fingerprint density at radius 2 is 1.22 bits per heavy atom. The first-order chi connectivity index (χ1) is 16.2. The quantitative estimate of drug-likeness (QED) is 0.179. The molecular weight excluding hydrogens is 665 g/mol. The van der Waals surface area contributed by atoms with Gasteiger partial charge in [-0.25, -0.2) is 0 Å². The Morgan fingerprint density at radius 1 is 0.722 bits per heavy atom. The van der Waals surface area contributed by atoms with E-state index in [4.69, 9.17) is 4.98 Å². The largest absolute Gasteiger partial charge is 2.00 e. The molecule has 0 unspecified atom stereocenters. The third-order valence-electron chi connectivity index (χ3n) is 5.91. The maximum absolute atomic E-state index is 13.6. The molecule has 0 aliphatic carbocycles. The van der Waals surface area contributed by atoms with Crippen LogP contribution in [0.25, 0.3) is 11.6 Å². The standard InChI is InChI=1S/C25H20F6N4.Pt/c1-15-11-13-34(16(15)2)20-9-5-7-18(32-20)23(3,4)19-8-6-10-21(33-19)35-14-12-17(24(26,27)28)22(35)25(29,30)31;/h5-12H,1-4H3;/q-2;+2. The molecule has 4 aromatic heterocycles. The molecule has 0 aromatic carbocycles. The van der Waals surface area contributed by atoms with Crippen LogP contribution in [0.2, 0.25) is 0 Å². The van der Waals surface area contributed by atoms with Crippen LogP contribution >= 0.6 is 0 Å². The van der Waals surface area contributed by atoms with Gasteiger partial charge in [0, 0.05) is 22.5 Å². The van der Waals surface area contributed by atoms with Gasteiger partial charge < -0.3 is 9.13 Å². The third-order valence-corrected chi connectivity index (χ3v) is 5.91. The number of aromatic nitrogens is 4. The summed E-state index contributed by atoms with van der Waals surface area (Å²) in [4.78, 5) is 9.00. The number of pyridine rings is 2. The summed E-state index contributed by atoms with van der Waals surface area (Å²) in [7, 11) is 0. The maximum atomic E-state index is 13.6. The minimum atomic E-state index is -5.27. The van der Waals surface area contributed by atoms with Gasteiger partial charge in [0.25, 0.3) is 0 Å². The first-order valence-corrected chi connectivity index (χ1v) is 10.5. The van der Waals surface area contributed by atoms with E-state index < -0.39 is 29.0 Å². The monoisotopic (exact) mass is 685 g/mol. The number of rotatable bonds is 4. The van der Waals surface area contributed by atoms with E-state index in [-0.39, 0.29) is 32.9 Å².